The molecule has 0 bridgehead atoms. The lowest BCUT2D eigenvalue weighted by Crippen LogP contribution is -2.17. The Labute approximate surface area is 190 Å². The van der Waals surface area contributed by atoms with Gasteiger partial charge in [-0.05, 0) is 92.2 Å². The van der Waals surface area contributed by atoms with Crippen LogP contribution in [0.1, 0.15) is 114 Å². The largest absolute Gasteiger partial charge is 0.196 e. The van der Waals surface area contributed by atoms with Gasteiger partial charge in [0.1, 0.15) is 6.07 Å². The van der Waals surface area contributed by atoms with Gasteiger partial charge in [0.05, 0.1) is 0 Å². The van der Waals surface area contributed by atoms with Gasteiger partial charge >= 0.3 is 0 Å². The Morgan fingerprint density at radius 1 is 0.903 bits per heavy atom. The molecule has 31 heavy (non-hydrogen) atoms. The molecule has 170 valence electrons. The number of unbranched alkanes of at least 4 members (excludes halogenated alkanes) is 1. The molecule has 0 aliphatic heterocycles. The molecule has 0 N–H and O–H groups in total. The Balaban J connectivity index is 1.30. The van der Waals surface area contributed by atoms with Crippen LogP contribution in [0.25, 0.3) is 0 Å². The van der Waals surface area contributed by atoms with Crippen molar-refractivity contribution in [3.05, 3.63) is 47.3 Å². The van der Waals surface area contributed by atoms with Crippen LogP contribution in [0, 0.1) is 29.1 Å². The summed E-state index contributed by atoms with van der Waals surface area (Å²) in [5.74, 6) is 2.76. The third kappa shape index (κ3) is 8.10. The second-order valence-corrected chi connectivity index (χ2v) is 10.3. The van der Waals surface area contributed by atoms with Gasteiger partial charge in [0.15, 0.2) is 5.83 Å². The Kier molecular flexibility index (Phi) is 10.1. The van der Waals surface area contributed by atoms with E-state index in [1.807, 2.05) is 0 Å². The minimum atomic E-state index is -0.618. The molecule has 2 heteroatoms. The van der Waals surface area contributed by atoms with Gasteiger partial charge in [-0.1, -0.05) is 76.1 Å². The minimum Gasteiger partial charge on any atom is -0.195 e. The Morgan fingerprint density at radius 2 is 1.45 bits per heavy atom. The predicted molar refractivity (Wildman–Crippen MR) is 128 cm³/mol. The van der Waals surface area contributed by atoms with E-state index in [1.54, 1.807) is 11.6 Å². The van der Waals surface area contributed by atoms with E-state index in [-0.39, 0.29) is 0 Å². The van der Waals surface area contributed by atoms with Crippen LogP contribution in [0.2, 0.25) is 0 Å². The van der Waals surface area contributed by atoms with Crippen molar-refractivity contribution < 1.29 is 4.39 Å². The summed E-state index contributed by atoms with van der Waals surface area (Å²) in [6, 6.07) is 11.1. The van der Waals surface area contributed by atoms with Gasteiger partial charge in [0, 0.05) is 0 Å². The lowest BCUT2D eigenvalue weighted by molar-refractivity contribution is 0.225. The summed E-state index contributed by atoms with van der Waals surface area (Å²) >= 11 is 0. The first-order valence-electron chi connectivity index (χ1n) is 13.0. The fraction of sp³-hybridized carbons (Fsp3) is 0.690. The average Bonchev–Trinajstić information content (AvgIpc) is 2.83. The number of benzene rings is 1. The van der Waals surface area contributed by atoms with E-state index in [4.69, 9.17) is 5.26 Å². The zero-order valence-electron chi connectivity index (χ0n) is 19.6. The maximum atomic E-state index is 12.9. The summed E-state index contributed by atoms with van der Waals surface area (Å²) in [5.41, 5.74) is 3.07. The van der Waals surface area contributed by atoms with Crippen molar-refractivity contribution in [1.29, 1.82) is 5.26 Å². The molecule has 0 aromatic heterocycles. The van der Waals surface area contributed by atoms with Crippen molar-refractivity contribution >= 4 is 0 Å². The van der Waals surface area contributed by atoms with E-state index in [9.17, 15) is 4.39 Å². The van der Waals surface area contributed by atoms with Gasteiger partial charge < -0.3 is 0 Å². The first-order chi connectivity index (χ1) is 15.2. The highest BCUT2D eigenvalue weighted by Gasteiger charge is 2.25. The van der Waals surface area contributed by atoms with Crippen LogP contribution in [0.4, 0.5) is 4.39 Å². The normalized spacial score (nSPS) is 27.1. The second-order valence-electron chi connectivity index (χ2n) is 10.3. The molecule has 2 aliphatic rings. The fourth-order valence-corrected chi connectivity index (χ4v) is 5.89. The van der Waals surface area contributed by atoms with Gasteiger partial charge in [0.2, 0.25) is 0 Å². The summed E-state index contributed by atoms with van der Waals surface area (Å²) in [6.45, 7) is 2.26. The van der Waals surface area contributed by atoms with Gasteiger partial charge in [-0.3, -0.25) is 0 Å². The Bertz CT molecular complexity index is 697. The van der Waals surface area contributed by atoms with E-state index in [0.717, 1.165) is 36.5 Å². The van der Waals surface area contributed by atoms with Crippen molar-refractivity contribution in [2.45, 2.75) is 109 Å². The quantitative estimate of drug-likeness (QED) is 0.344. The molecule has 0 atom stereocenters. The van der Waals surface area contributed by atoms with E-state index in [0.29, 0.717) is 0 Å². The zero-order chi connectivity index (χ0) is 21.9. The summed E-state index contributed by atoms with van der Waals surface area (Å²) < 4.78 is 12.9. The summed E-state index contributed by atoms with van der Waals surface area (Å²) in [4.78, 5) is 0. The first-order valence-corrected chi connectivity index (χ1v) is 13.0. The highest BCUT2D eigenvalue weighted by Crippen LogP contribution is 2.40. The number of nitrogens with zero attached hydrogens (tertiary/aromatic N) is 1. The number of aryl methyl sites for hydroxylation is 1. The van der Waals surface area contributed by atoms with Crippen molar-refractivity contribution in [2.24, 2.45) is 17.8 Å². The molecule has 1 aromatic carbocycles. The molecule has 0 heterocycles. The number of halogens is 1. The van der Waals surface area contributed by atoms with Crippen LogP contribution >= 0.6 is 0 Å². The SMILES string of the molecule is CCCCc1ccc([C@H]2CC[C@H](CC[C@H]3CC[C@H](CC/C=C(\F)C#N)CC3)CC2)cc1. The highest BCUT2D eigenvalue weighted by molar-refractivity contribution is 5.26. The molecule has 0 saturated heterocycles. The molecule has 0 radical (unpaired) electrons. The van der Waals surface area contributed by atoms with Crippen molar-refractivity contribution in [1.82, 2.24) is 0 Å². The highest BCUT2D eigenvalue weighted by atomic mass is 19.1. The van der Waals surface area contributed by atoms with Gasteiger partial charge in [-0.2, -0.15) is 9.65 Å². The van der Waals surface area contributed by atoms with Gasteiger partial charge in [-0.15, -0.1) is 0 Å². The minimum absolute atomic E-state index is 0.618. The molecule has 0 spiro atoms. The van der Waals surface area contributed by atoms with Crippen LogP contribution in [-0.2, 0) is 6.42 Å². The third-order valence-corrected chi connectivity index (χ3v) is 8.07. The predicted octanol–water partition coefficient (Wildman–Crippen LogP) is 9.05. The standard InChI is InChI=1S/C29H42FN/c1-2-3-5-23-14-18-27(19-15-23)28-20-16-26(17-21-28)13-12-25-10-8-24(9-11-25)6-4-7-29(30)22-31/h7,14-15,18-19,24-26,28H,2-6,8-13,16-17,20-21H2,1H3/b29-7-/t24-,25-,26-,28-. The molecular formula is C29H42FN. The second kappa shape index (κ2) is 13.0. The van der Waals surface area contributed by atoms with Crippen molar-refractivity contribution in [3.63, 3.8) is 0 Å². The molecule has 2 aliphatic carbocycles. The summed E-state index contributed by atoms with van der Waals surface area (Å²) in [7, 11) is 0. The topological polar surface area (TPSA) is 23.8 Å². The maximum absolute atomic E-state index is 12.9. The average molecular weight is 424 g/mol. The van der Waals surface area contributed by atoms with Crippen LogP contribution in [0.5, 0.6) is 0 Å². The summed E-state index contributed by atoms with van der Waals surface area (Å²) in [6.07, 6.45) is 20.7. The van der Waals surface area contributed by atoms with Crippen LogP contribution < -0.4 is 0 Å². The maximum Gasteiger partial charge on any atom is 0.196 e. The first kappa shape index (κ1) is 24.0. The number of allylic oxidation sites excluding steroid dienone is 2. The van der Waals surface area contributed by atoms with Crippen LogP contribution in [-0.4, -0.2) is 0 Å². The van der Waals surface area contributed by atoms with E-state index >= 15 is 0 Å². The monoisotopic (exact) mass is 423 g/mol. The smallest absolute Gasteiger partial charge is 0.195 e. The van der Waals surface area contributed by atoms with Gasteiger partial charge in [0.25, 0.3) is 0 Å². The Hall–Kier alpha value is -1.62. The van der Waals surface area contributed by atoms with E-state index in [1.165, 1.54) is 95.1 Å². The van der Waals surface area contributed by atoms with E-state index in [2.05, 4.69) is 31.2 Å². The molecule has 0 unspecified atom stereocenters. The summed E-state index contributed by atoms with van der Waals surface area (Å²) in [5, 5.41) is 8.49. The number of nitriles is 1. The molecule has 2 saturated carbocycles. The molecule has 3 rings (SSSR count). The van der Waals surface area contributed by atoms with Crippen LogP contribution in [0.15, 0.2) is 36.2 Å². The van der Waals surface area contributed by atoms with E-state index < -0.39 is 5.83 Å². The Morgan fingerprint density at radius 3 is 2.00 bits per heavy atom. The fourth-order valence-electron chi connectivity index (χ4n) is 5.89. The lowest BCUT2D eigenvalue weighted by atomic mass is 9.74. The molecule has 0 amide bonds. The van der Waals surface area contributed by atoms with Crippen molar-refractivity contribution in [3.8, 4) is 6.07 Å². The molecule has 1 aromatic rings. The number of rotatable bonds is 10. The zero-order valence-corrected chi connectivity index (χ0v) is 19.6. The molecular weight excluding hydrogens is 381 g/mol. The molecule has 1 nitrogen and oxygen atoms in total. The van der Waals surface area contributed by atoms with Gasteiger partial charge in [-0.25, -0.2) is 0 Å². The third-order valence-electron chi connectivity index (χ3n) is 8.07. The van der Waals surface area contributed by atoms with Crippen molar-refractivity contribution in [2.75, 3.05) is 0 Å². The number of hydrogen-bond acceptors (Lipinski definition) is 1. The van der Waals surface area contributed by atoms with Crippen LogP contribution in [0.3, 0.4) is 0 Å². The molecule has 2 fully saturated rings. The number of hydrogen-bond donors (Lipinski definition) is 0. The lowest BCUT2D eigenvalue weighted by Gasteiger charge is -2.32.